The van der Waals surface area contributed by atoms with Crippen molar-refractivity contribution in [2.24, 2.45) is 5.73 Å². The molecule has 0 saturated heterocycles. The Morgan fingerprint density at radius 2 is 2.00 bits per heavy atom. The molecule has 3 N–H and O–H groups in total. The highest BCUT2D eigenvalue weighted by molar-refractivity contribution is 5.72. The van der Waals surface area contributed by atoms with Crippen LogP contribution in [0, 0.1) is 0 Å². The molecule has 1 aromatic rings. The number of aromatic hydroxyl groups is 1. The van der Waals surface area contributed by atoms with Crippen LogP contribution in [0.25, 0.3) is 0 Å². The molecule has 13 heavy (non-hydrogen) atoms. The van der Waals surface area contributed by atoms with E-state index in [9.17, 15) is 4.79 Å². The van der Waals surface area contributed by atoms with Crippen molar-refractivity contribution < 1.29 is 14.6 Å². The van der Waals surface area contributed by atoms with E-state index in [0.29, 0.717) is 5.75 Å². The van der Waals surface area contributed by atoms with Crippen LogP contribution in [-0.4, -0.2) is 17.6 Å². The monoisotopic (exact) mass is 181 g/mol. The van der Waals surface area contributed by atoms with Gasteiger partial charge in [-0.05, 0) is 24.3 Å². The smallest absolute Gasteiger partial charge is 0.312 e. The number of nitrogens with two attached hydrogens (primary N) is 1. The van der Waals surface area contributed by atoms with Gasteiger partial charge in [0.15, 0.2) is 0 Å². The summed E-state index contributed by atoms with van der Waals surface area (Å²) in [4.78, 5) is 10.9. The summed E-state index contributed by atoms with van der Waals surface area (Å²) in [5.41, 5.74) is 5.17. The predicted molar refractivity (Wildman–Crippen MR) is 47.4 cm³/mol. The molecule has 0 bridgehead atoms. The van der Waals surface area contributed by atoms with Crippen LogP contribution in [0.4, 0.5) is 0 Å². The number of ether oxygens (including phenoxy) is 1. The summed E-state index contributed by atoms with van der Waals surface area (Å²) < 4.78 is 4.88. The van der Waals surface area contributed by atoms with Crippen LogP contribution in [0.3, 0.4) is 0 Å². The maximum Gasteiger partial charge on any atom is 0.312 e. The summed E-state index contributed by atoms with van der Waals surface area (Å²) in [5.74, 6) is 0.183. The number of hydrogen-bond acceptors (Lipinski definition) is 4. The van der Waals surface area contributed by atoms with Crippen molar-refractivity contribution in [3.8, 4) is 11.5 Å². The number of esters is 1. The number of rotatable bonds is 3. The third-order valence-electron chi connectivity index (χ3n) is 1.42. The van der Waals surface area contributed by atoms with Gasteiger partial charge in [-0.2, -0.15) is 0 Å². The lowest BCUT2D eigenvalue weighted by Gasteiger charge is -2.02. The first-order valence-electron chi connectivity index (χ1n) is 3.92. The topological polar surface area (TPSA) is 72.6 Å². The van der Waals surface area contributed by atoms with Gasteiger partial charge < -0.3 is 15.6 Å². The highest BCUT2D eigenvalue weighted by Gasteiger charge is 2.02. The first-order valence-corrected chi connectivity index (χ1v) is 3.92. The van der Waals surface area contributed by atoms with Crippen molar-refractivity contribution in [3.63, 3.8) is 0 Å². The molecule has 0 aliphatic rings. The van der Waals surface area contributed by atoms with E-state index in [1.54, 1.807) is 0 Å². The van der Waals surface area contributed by atoms with Gasteiger partial charge in [0.25, 0.3) is 0 Å². The highest BCUT2D eigenvalue weighted by atomic mass is 16.5. The van der Waals surface area contributed by atoms with Crippen LogP contribution in [0.1, 0.15) is 6.42 Å². The number of carbonyl (C=O) groups excluding carboxylic acids is 1. The third-order valence-corrected chi connectivity index (χ3v) is 1.42. The van der Waals surface area contributed by atoms with E-state index < -0.39 is 0 Å². The van der Waals surface area contributed by atoms with Crippen molar-refractivity contribution >= 4 is 5.97 Å². The predicted octanol–water partition coefficient (Wildman–Crippen LogP) is 0.646. The van der Waals surface area contributed by atoms with E-state index in [1.165, 1.54) is 24.3 Å². The summed E-state index contributed by atoms with van der Waals surface area (Å²) >= 11 is 0. The van der Waals surface area contributed by atoms with Crippen molar-refractivity contribution in [1.82, 2.24) is 0 Å². The molecule has 0 unspecified atom stereocenters. The lowest BCUT2D eigenvalue weighted by Crippen LogP contribution is -2.13. The van der Waals surface area contributed by atoms with Gasteiger partial charge in [0.2, 0.25) is 0 Å². The second-order valence-electron chi connectivity index (χ2n) is 2.51. The molecule has 0 heterocycles. The molecule has 70 valence electrons. The maximum absolute atomic E-state index is 10.9. The molecule has 0 aromatic heterocycles. The van der Waals surface area contributed by atoms with Crippen LogP contribution < -0.4 is 10.5 Å². The Morgan fingerprint density at radius 3 is 2.54 bits per heavy atom. The fraction of sp³-hybridized carbons (Fsp3) is 0.222. The second-order valence-corrected chi connectivity index (χ2v) is 2.51. The molecule has 0 saturated carbocycles. The Balaban J connectivity index is 2.54. The van der Waals surface area contributed by atoms with E-state index in [1.807, 2.05) is 0 Å². The summed E-state index contributed by atoms with van der Waals surface area (Å²) in [5, 5.41) is 8.93. The van der Waals surface area contributed by atoms with Gasteiger partial charge in [0.05, 0.1) is 6.42 Å². The Labute approximate surface area is 75.9 Å². The number of phenols is 1. The zero-order valence-electron chi connectivity index (χ0n) is 7.06. The average Bonchev–Trinajstić information content (AvgIpc) is 2.09. The van der Waals surface area contributed by atoms with Crippen LogP contribution in [0.15, 0.2) is 24.3 Å². The summed E-state index contributed by atoms with van der Waals surface area (Å²) in [6.45, 7) is 0.275. The number of hydrogen-bond donors (Lipinski definition) is 2. The fourth-order valence-corrected chi connectivity index (χ4v) is 0.815. The first kappa shape index (κ1) is 9.54. The number of carbonyl (C=O) groups is 1. The van der Waals surface area contributed by atoms with Gasteiger partial charge in [-0.3, -0.25) is 4.79 Å². The normalized spacial score (nSPS) is 9.62. The van der Waals surface area contributed by atoms with Crippen molar-refractivity contribution in [2.45, 2.75) is 6.42 Å². The lowest BCUT2D eigenvalue weighted by atomic mass is 10.3. The molecule has 4 heteroatoms. The minimum atomic E-state index is -0.367. The summed E-state index contributed by atoms with van der Waals surface area (Å²) in [6, 6.07) is 5.93. The van der Waals surface area contributed by atoms with E-state index >= 15 is 0 Å². The Bertz CT molecular complexity index is 281. The van der Waals surface area contributed by atoms with Gasteiger partial charge in [-0.25, -0.2) is 0 Å². The minimum absolute atomic E-state index is 0.138. The maximum atomic E-state index is 10.9. The number of phenolic OH excluding ortho intramolecular Hbond substituents is 1. The molecular formula is C9H11NO3. The standard InChI is InChI=1S/C9H11NO3/c10-6-5-9(12)13-8-3-1-7(11)2-4-8/h1-4,11H,5-6,10H2. The van der Waals surface area contributed by atoms with Crippen LogP contribution in [0.2, 0.25) is 0 Å². The molecule has 1 aromatic carbocycles. The van der Waals surface area contributed by atoms with E-state index in [2.05, 4.69) is 0 Å². The second kappa shape index (κ2) is 4.47. The van der Waals surface area contributed by atoms with Crippen molar-refractivity contribution in [1.29, 1.82) is 0 Å². The molecular weight excluding hydrogens is 170 g/mol. The lowest BCUT2D eigenvalue weighted by molar-refractivity contribution is -0.134. The quantitative estimate of drug-likeness (QED) is 0.530. The largest absolute Gasteiger partial charge is 0.508 e. The molecule has 0 radical (unpaired) electrons. The fourth-order valence-electron chi connectivity index (χ4n) is 0.815. The van der Waals surface area contributed by atoms with Crippen LogP contribution >= 0.6 is 0 Å². The Kier molecular flexibility index (Phi) is 3.28. The number of benzene rings is 1. The molecule has 0 aliphatic carbocycles. The van der Waals surface area contributed by atoms with Gasteiger partial charge in [0.1, 0.15) is 11.5 Å². The molecule has 0 aliphatic heterocycles. The molecule has 0 atom stereocenters. The summed E-state index contributed by atoms with van der Waals surface area (Å²) in [7, 11) is 0. The average molecular weight is 181 g/mol. The first-order chi connectivity index (χ1) is 6.22. The highest BCUT2D eigenvalue weighted by Crippen LogP contribution is 2.16. The van der Waals surface area contributed by atoms with E-state index in [0.717, 1.165) is 0 Å². The summed E-state index contributed by atoms with van der Waals surface area (Å²) in [6.07, 6.45) is 0.195. The molecule has 4 nitrogen and oxygen atoms in total. The van der Waals surface area contributed by atoms with Crippen molar-refractivity contribution in [2.75, 3.05) is 6.54 Å². The van der Waals surface area contributed by atoms with Gasteiger partial charge in [0, 0.05) is 6.54 Å². The third kappa shape index (κ3) is 3.13. The minimum Gasteiger partial charge on any atom is -0.508 e. The Hall–Kier alpha value is -1.55. The molecule has 0 spiro atoms. The van der Waals surface area contributed by atoms with Gasteiger partial charge >= 0.3 is 5.97 Å². The van der Waals surface area contributed by atoms with Crippen LogP contribution in [-0.2, 0) is 4.79 Å². The van der Waals surface area contributed by atoms with Gasteiger partial charge in [-0.1, -0.05) is 0 Å². The zero-order chi connectivity index (χ0) is 9.68. The van der Waals surface area contributed by atoms with E-state index in [4.69, 9.17) is 15.6 Å². The van der Waals surface area contributed by atoms with Gasteiger partial charge in [-0.15, -0.1) is 0 Å². The zero-order valence-corrected chi connectivity index (χ0v) is 7.06. The molecule has 0 amide bonds. The van der Waals surface area contributed by atoms with Crippen molar-refractivity contribution in [3.05, 3.63) is 24.3 Å². The SMILES string of the molecule is NCCC(=O)Oc1ccc(O)cc1. The molecule has 0 fully saturated rings. The van der Waals surface area contributed by atoms with E-state index in [-0.39, 0.29) is 24.7 Å². The molecule has 1 rings (SSSR count). The Morgan fingerprint density at radius 1 is 1.38 bits per heavy atom. The van der Waals surface area contributed by atoms with Crippen LogP contribution in [0.5, 0.6) is 11.5 Å².